The van der Waals surface area contributed by atoms with Crippen molar-refractivity contribution >= 4 is 23.7 Å². The summed E-state index contributed by atoms with van der Waals surface area (Å²) in [5.74, 6) is -1.11. The van der Waals surface area contributed by atoms with E-state index in [-0.39, 0.29) is 5.91 Å². The zero-order valence-corrected chi connectivity index (χ0v) is 8.28. The molecule has 0 unspecified atom stereocenters. The second kappa shape index (κ2) is 6.91. The summed E-state index contributed by atoms with van der Waals surface area (Å²) in [6, 6.07) is 8.78. The van der Waals surface area contributed by atoms with Gasteiger partial charge in [0, 0.05) is 24.3 Å². The number of hydrogen-bond donors (Lipinski definition) is 2. The van der Waals surface area contributed by atoms with Crippen LogP contribution in [0.1, 0.15) is 17.3 Å². The van der Waals surface area contributed by atoms with E-state index >= 15 is 0 Å². The molecule has 0 radical (unpaired) electrons. The van der Waals surface area contributed by atoms with E-state index in [0.717, 1.165) is 6.92 Å². The van der Waals surface area contributed by atoms with Gasteiger partial charge in [-0.15, -0.1) is 0 Å². The number of carbonyl (C=O) groups excluding carboxylic acids is 1. The molecule has 2 N–H and O–H groups in total. The number of nitrogens with one attached hydrogen (secondary N) is 1. The highest BCUT2D eigenvalue weighted by atomic mass is 35.5. The molecule has 5 heteroatoms. The van der Waals surface area contributed by atoms with Gasteiger partial charge in [0.1, 0.15) is 0 Å². The van der Waals surface area contributed by atoms with Crippen molar-refractivity contribution in [2.24, 2.45) is 0 Å². The zero-order valence-electron chi connectivity index (χ0n) is 7.53. The molecule has 0 heterocycles. The molecule has 0 aliphatic carbocycles. The average Bonchev–Trinajstić information content (AvgIpc) is 2.17. The van der Waals surface area contributed by atoms with Crippen LogP contribution >= 0.6 is 11.8 Å². The van der Waals surface area contributed by atoms with E-state index in [0.29, 0.717) is 5.56 Å². The summed E-state index contributed by atoms with van der Waals surface area (Å²) in [5.41, 5.74) is 0.567. The molecule has 0 saturated carbocycles. The average molecular weight is 216 g/mol. The van der Waals surface area contributed by atoms with E-state index in [1.54, 1.807) is 24.3 Å². The van der Waals surface area contributed by atoms with Crippen LogP contribution < -0.4 is 4.84 Å². The highest BCUT2D eigenvalue weighted by Crippen LogP contribution is 1.97. The maximum atomic E-state index is 10.8. The Bertz CT molecular complexity index is 296. The lowest BCUT2D eigenvalue weighted by atomic mass is 10.2. The normalized spacial score (nSPS) is 8.14. The van der Waals surface area contributed by atoms with E-state index in [4.69, 9.17) is 21.7 Å². The number of aliphatic carboxylic acids is 1. The molecule has 76 valence electrons. The number of hydrogen-bond acceptors (Lipinski definition) is 2. The summed E-state index contributed by atoms with van der Waals surface area (Å²) < 4.78 is 0. The third-order valence-corrected chi connectivity index (χ3v) is 1.29. The number of halogens is 1. The van der Waals surface area contributed by atoms with Gasteiger partial charge in [0.2, 0.25) is 0 Å². The first kappa shape index (κ1) is 12.4. The first-order valence-corrected chi connectivity index (χ1v) is 4.11. The van der Waals surface area contributed by atoms with E-state index < -0.39 is 5.97 Å². The van der Waals surface area contributed by atoms with Gasteiger partial charge in [0.15, 0.2) is 0 Å². The highest BCUT2D eigenvalue weighted by molar-refractivity contribution is 6.24. The third-order valence-electron chi connectivity index (χ3n) is 1.12. The second-order valence-electron chi connectivity index (χ2n) is 2.31. The molecular formula is C9H10ClNO3. The van der Waals surface area contributed by atoms with Crippen LogP contribution in [-0.4, -0.2) is 17.0 Å². The number of rotatable bonds is 1. The number of benzene rings is 1. The van der Waals surface area contributed by atoms with Gasteiger partial charge in [-0.2, -0.15) is 0 Å². The molecule has 0 spiro atoms. The Labute approximate surface area is 86.6 Å². The molecule has 0 saturated heterocycles. The molecule has 14 heavy (non-hydrogen) atoms. The standard InChI is InChI=1S/C7H6ClNO.C2H4O2/c8-9-7(10)6-4-2-1-3-5-6;1-2(3)4/h1-5H,(H,9,10);1H3,(H,3,4). The first-order valence-electron chi connectivity index (χ1n) is 3.73. The maximum absolute atomic E-state index is 10.8. The smallest absolute Gasteiger partial charge is 0.300 e. The van der Waals surface area contributed by atoms with Crippen LogP contribution in [0.2, 0.25) is 0 Å². The fourth-order valence-electron chi connectivity index (χ4n) is 0.644. The maximum Gasteiger partial charge on any atom is 0.300 e. The van der Waals surface area contributed by atoms with Crippen molar-refractivity contribution in [3.63, 3.8) is 0 Å². The predicted molar refractivity (Wildman–Crippen MR) is 53.1 cm³/mol. The van der Waals surface area contributed by atoms with Gasteiger partial charge in [0.05, 0.1) is 0 Å². The summed E-state index contributed by atoms with van der Waals surface area (Å²) >= 11 is 5.09. The Morgan fingerprint density at radius 1 is 1.29 bits per heavy atom. The number of amides is 1. The van der Waals surface area contributed by atoms with Crippen LogP contribution in [0.4, 0.5) is 0 Å². The van der Waals surface area contributed by atoms with Crippen LogP contribution in [0.25, 0.3) is 0 Å². The first-order chi connectivity index (χ1) is 6.57. The van der Waals surface area contributed by atoms with Crippen LogP contribution in [0.5, 0.6) is 0 Å². The van der Waals surface area contributed by atoms with Crippen LogP contribution in [-0.2, 0) is 4.79 Å². The van der Waals surface area contributed by atoms with Crippen molar-refractivity contribution in [3.8, 4) is 0 Å². The number of carbonyl (C=O) groups is 2. The number of carboxylic acids is 1. The van der Waals surface area contributed by atoms with Gasteiger partial charge < -0.3 is 5.11 Å². The lowest BCUT2D eigenvalue weighted by Gasteiger charge is -1.94. The van der Waals surface area contributed by atoms with E-state index in [1.165, 1.54) is 0 Å². The second-order valence-corrected chi connectivity index (χ2v) is 2.50. The molecular weight excluding hydrogens is 206 g/mol. The van der Waals surface area contributed by atoms with E-state index in [2.05, 4.69) is 0 Å². The molecule has 4 nitrogen and oxygen atoms in total. The Balaban J connectivity index is 0.000000364. The molecule has 0 aliphatic rings. The molecule has 0 aliphatic heterocycles. The Hall–Kier alpha value is -1.55. The predicted octanol–water partition coefficient (Wildman–Crippen LogP) is 1.66. The molecule has 1 aromatic rings. The Morgan fingerprint density at radius 3 is 2.07 bits per heavy atom. The minimum absolute atomic E-state index is 0.276. The van der Waals surface area contributed by atoms with E-state index in [1.807, 2.05) is 10.9 Å². The molecule has 0 aromatic heterocycles. The molecule has 0 fully saturated rings. The lowest BCUT2D eigenvalue weighted by Crippen LogP contribution is -2.11. The fraction of sp³-hybridized carbons (Fsp3) is 0.111. The largest absolute Gasteiger partial charge is 0.481 e. The fourth-order valence-corrected chi connectivity index (χ4v) is 0.753. The van der Waals surface area contributed by atoms with Crippen LogP contribution in [0.15, 0.2) is 30.3 Å². The third kappa shape index (κ3) is 6.02. The quantitative estimate of drug-likeness (QED) is 0.701. The summed E-state index contributed by atoms with van der Waals surface area (Å²) in [7, 11) is 0. The monoisotopic (exact) mass is 215 g/mol. The van der Waals surface area contributed by atoms with Crippen molar-refractivity contribution in [1.82, 2.24) is 4.84 Å². The van der Waals surface area contributed by atoms with E-state index in [9.17, 15) is 4.79 Å². The van der Waals surface area contributed by atoms with Gasteiger partial charge in [-0.05, 0) is 12.1 Å². The Kier molecular flexibility index (Phi) is 6.15. The van der Waals surface area contributed by atoms with Crippen molar-refractivity contribution in [1.29, 1.82) is 0 Å². The summed E-state index contributed by atoms with van der Waals surface area (Å²) in [6.07, 6.45) is 0. The molecule has 1 rings (SSSR count). The summed E-state index contributed by atoms with van der Waals surface area (Å²) in [4.78, 5) is 21.8. The highest BCUT2D eigenvalue weighted by Gasteiger charge is 1.99. The minimum Gasteiger partial charge on any atom is -0.481 e. The van der Waals surface area contributed by atoms with Crippen LogP contribution in [0, 0.1) is 0 Å². The topological polar surface area (TPSA) is 66.4 Å². The molecule has 1 amide bonds. The summed E-state index contributed by atoms with van der Waals surface area (Å²) in [6.45, 7) is 1.08. The lowest BCUT2D eigenvalue weighted by molar-refractivity contribution is -0.134. The van der Waals surface area contributed by atoms with Gasteiger partial charge in [-0.1, -0.05) is 18.2 Å². The van der Waals surface area contributed by atoms with Gasteiger partial charge in [-0.3, -0.25) is 14.4 Å². The van der Waals surface area contributed by atoms with Crippen molar-refractivity contribution in [3.05, 3.63) is 35.9 Å². The molecule has 0 atom stereocenters. The minimum atomic E-state index is -0.833. The van der Waals surface area contributed by atoms with Crippen LogP contribution in [0.3, 0.4) is 0 Å². The van der Waals surface area contributed by atoms with Crippen molar-refractivity contribution < 1.29 is 14.7 Å². The molecule has 0 bridgehead atoms. The van der Waals surface area contributed by atoms with Crippen molar-refractivity contribution in [2.45, 2.75) is 6.92 Å². The SMILES string of the molecule is CC(=O)O.O=C(NCl)c1ccccc1. The van der Waals surface area contributed by atoms with Gasteiger partial charge in [0.25, 0.3) is 11.9 Å². The van der Waals surface area contributed by atoms with Crippen molar-refractivity contribution in [2.75, 3.05) is 0 Å². The molecule has 1 aromatic carbocycles. The van der Waals surface area contributed by atoms with Gasteiger partial charge >= 0.3 is 0 Å². The zero-order chi connectivity index (χ0) is 11.0. The Morgan fingerprint density at radius 2 is 1.71 bits per heavy atom. The number of carboxylic acid groups (broad SMARTS) is 1. The summed E-state index contributed by atoms with van der Waals surface area (Å²) in [5, 5.41) is 7.42. The van der Waals surface area contributed by atoms with Gasteiger partial charge in [-0.25, -0.2) is 0 Å².